The van der Waals surface area contributed by atoms with E-state index >= 15 is 0 Å². The smallest absolute Gasteiger partial charge is 0.229 e. The first-order valence-corrected chi connectivity index (χ1v) is 7.43. The van der Waals surface area contributed by atoms with Crippen LogP contribution in [0.15, 0.2) is 18.2 Å². The minimum atomic E-state index is -1.44. The average molecular weight is 312 g/mol. The first-order chi connectivity index (χ1) is 10.3. The summed E-state index contributed by atoms with van der Waals surface area (Å²) < 4.78 is 11.0. The highest BCUT2D eigenvalue weighted by Crippen LogP contribution is 2.28. The van der Waals surface area contributed by atoms with Gasteiger partial charge in [0.2, 0.25) is 6.29 Å². The Labute approximate surface area is 129 Å². The van der Waals surface area contributed by atoms with Crippen molar-refractivity contribution in [1.82, 2.24) is 0 Å². The molecule has 1 aliphatic rings. The molecule has 1 aromatic rings. The standard InChI is InChI=1S/C16H24O6/c1-8(2)10-5-4-9(3)11(6-10)21-16-15(20)14(19)13(18)12(7-17)22-16/h4-6,8,12-20H,7H2,1-3H3/t12-,13-,14+,15-,16-/m1/s1. The molecule has 6 nitrogen and oxygen atoms in total. The lowest BCUT2D eigenvalue weighted by atomic mass is 9.99. The molecule has 0 saturated carbocycles. The van der Waals surface area contributed by atoms with Crippen molar-refractivity contribution in [2.75, 3.05) is 6.61 Å². The molecule has 2 rings (SSSR count). The fourth-order valence-electron chi connectivity index (χ4n) is 2.39. The van der Waals surface area contributed by atoms with E-state index in [0.29, 0.717) is 11.7 Å². The molecule has 0 bridgehead atoms. The van der Waals surface area contributed by atoms with Gasteiger partial charge in [-0.1, -0.05) is 26.0 Å². The molecule has 0 aliphatic carbocycles. The number of aryl methyl sites for hydroxylation is 1. The van der Waals surface area contributed by atoms with Gasteiger partial charge in [0.15, 0.2) is 0 Å². The van der Waals surface area contributed by atoms with Gasteiger partial charge >= 0.3 is 0 Å². The summed E-state index contributed by atoms with van der Waals surface area (Å²) in [6, 6.07) is 5.77. The molecule has 0 unspecified atom stereocenters. The Kier molecular flexibility index (Phi) is 5.41. The molecule has 6 heteroatoms. The van der Waals surface area contributed by atoms with Crippen LogP contribution in [0, 0.1) is 6.92 Å². The molecule has 1 aromatic carbocycles. The van der Waals surface area contributed by atoms with E-state index < -0.39 is 37.3 Å². The fourth-order valence-corrected chi connectivity index (χ4v) is 2.39. The highest BCUT2D eigenvalue weighted by atomic mass is 16.7. The van der Waals surface area contributed by atoms with Crippen molar-refractivity contribution in [2.45, 2.75) is 57.4 Å². The molecule has 0 aromatic heterocycles. The van der Waals surface area contributed by atoms with Crippen LogP contribution in [0.2, 0.25) is 0 Å². The van der Waals surface area contributed by atoms with Gasteiger partial charge in [-0.25, -0.2) is 0 Å². The largest absolute Gasteiger partial charge is 0.462 e. The second-order valence-electron chi connectivity index (χ2n) is 5.99. The SMILES string of the molecule is Cc1ccc(C(C)C)cc1O[C@@H]1O[C@H](CO)[C@@H](O)[C@H](O)[C@H]1O. The molecule has 1 aliphatic heterocycles. The van der Waals surface area contributed by atoms with Crippen LogP contribution >= 0.6 is 0 Å². The van der Waals surface area contributed by atoms with Crippen LogP contribution in [0.1, 0.15) is 30.9 Å². The summed E-state index contributed by atoms with van der Waals surface area (Å²) in [7, 11) is 0. The number of benzene rings is 1. The summed E-state index contributed by atoms with van der Waals surface area (Å²) in [5, 5.41) is 38.7. The number of aliphatic hydroxyl groups is 4. The maximum absolute atomic E-state index is 10.0. The molecule has 1 fully saturated rings. The Morgan fingerprint density at radius 3 is 2.41 bits per heavy atom. The summed E-state index contributed by atoms with van der Waals surface area (Å²) in [5.41, 5.74) is 1.94. The Hall–Kier alpha value is -1.18. The minimum absolute atomic E-state index is 0.317. The Morgan fingerprint density at radius 2 is 1.82 bits per heavy atom. The minimum Gasteiger partial charge on any atom is -0.462 e. The van der Waals surface area contributed by atoms with E-state index in [1.807, 2.05) is 25.1 Å². The van der Waals surface area contributed by atoms with Gasteiger partial charge in [-0.15, -0.1) is 0 Å². The second-order valence-corrected chi connectivity index (χ2v) is 5.99. The number of rotatable bonds is 4. The molecule has 4 N–H and O–H groups in total. The van der Waals surface area contributed by atoms with Crippen molar-refractivity contribution in [3.05, 3.63) is 29.3 Å². The normalized spacial score (nSPS) is 32.3. The van der Waals surface area contributed by atoms with Gasteiger partial charge in [-0.3, -0.25) is 0 Å². The molecule has 22 heavy (non-hydrogen) atoms. The van der Waals surface area contributed by atoms with Crippen LogP contribution in [0.25, 0.3) is 0 Å². The van der Waals surface area contributed by atoms with Crippen molar-refractivity contribution in [2.24, 2.45) is 0 Å². The third kappa shape index (κ3) is 3.42. The predicted octanol–water partition coefficient (Wildman–Crippen LogP) is 0.297. The number of ether oxygens (including phenoxy) is 2. The molecule has 1 saturated heterocycles. The van der Waals surface area contributed by atoms with Crippen LogP contribution in [-0.4, -0.2) is 57.7 Å². The zero-order valence-electron chi connectivity index (χ0n) is 13.0. The van der Waals surface area contributed by atoms with Crippen LogP contribution in [-0.2, 0) is 4.74 Å². The summed E-state index contributed by atoms with van der Waals surface area (Å²) in [6.07, 6.45) is -6.36. The van der Waals surface area contributed by atoms with E-state index in [-0.39, 0.29) is 0 Å². The van der Waals surface area contributed by atoms with E-state index in [4.69, 9.17) is 9.47 Å². The summed E-state index contributed by atoms with van der Waals surface area (Å²) in [6.45, 7) is 5.50. The maximum Gasteiger partial charge on any atom is 0.229 e. The lowest BCUT2D eigenvalue weighted by Crippen LogP contribution is -2.60. The average Bonchev–Trinajstić information content (AvgIpc) is 2.49. The Bertz CT molecular complexity index is 501. The molecule has 124 valence electrons. The number of aliphatic hydroxyl groups excluding tert-OH is 4. The third-order valence-corrected chi connectivity index (χ3v) is 3.97. The van der Waals surface area contributed by atoms with E-state index in [9.17, 15) is 20.4 Å². The quantitative estimate of drug-likeness (QED) is 0.638. The van der Waals surface area contributed by atoms with Crippen LogP contribution < -0.4 is 4.74 Å². The Morgan fingerprint density at radius 1 is 1.14 bits per heavy atom. The molecule has 0 spiro atoms. The van der Waals surface area contributed by atoms with E-state index in [1.165, 1.54) is 0 Å². The first-order valence-electron chi connectivity index (χ1n) is 7.43. The van der Waals surface area contributed by atoms with Crippen LogP contribution in [0.5, 0.6) is 5.75 Å². The van der Waals surface area contributed by atoms with E-state index in [1.54, 1.807) is 0 Å². The van der Waals surface area contributed by atoms with Gasteiger partial charge in [-0.05, 0) is 30.0 Å². The molecule has 1 heterocycles. The second kappa shape index (κ2) is 6.93. The van der Waals surface area contributed by atoms with E-state index in [2.05, 4.69) is 13.8 Å². The molecular weight excluding hydrogens is 288 g/mol. The highest BCUT2D eigenvalue weighted by molar-refractivity contribution is 5.38. The van der Waals surface area contributed by atoms with Crippen LogP contribution in [0.4, 0.5) is 0 Å². The summed E-state index contributed by atoms with van der Waals surface area (Å²) >= 11 is 0. The lowest BCUT2D eigenvalue weighted by molar-refractivity contribution is -0.277. The van der Waals surface area contributed by atoms with Gasteiger partial charge in [0.1, 0.15) is 30.2 Å². The van der Waals surface area contributed by atoms with Crippen LogP contribution in [0.3, 0.4) is 0 Å². The van der Waals surface area contributed by atoms with Crippen molar-refractivity contribution in [3.63, 3.8) is 0 Å². The van der Waals surface area contributed by atoms with Gasteiger partial charge < -0.3 is 29.9 Å². The van der Waals surface area contributed by atoms with Crippen molar-refractivity contribution in [1.29, 1.82) is 0 Å². The zero-order chi connectivity index (χ0) is 16.4. The van der Waals surface area contributed by atoms with E-state index in [0.717, 1.165) is 11.1 Å². The molecule has 5 atom stereocenters. The third-order valence-electron chi connectivity index (χ3n) is 3.97. The lowest BCUT2D eigenvalue weighted by Gasteiger charge is -2.39. The highest BCUT2D eigenvalue weighted by Gasteiger charge is 2.44. The number of hydrogen-bond acceptors (Lipinski definition) is 6. The van der Waals surface area contributed by atoms with Crippen molar-refractivity contribution < 1.29 is 29.9 Å². The first kappa shape index (κ1) is 17.2. The topological polar surface area (TPSA) is 99.4 Å². The maximum atomic E-state index is 10.0. The van der Waals surface area contributed by atoms with Gasteiger partial charge in [0, 0.05) is 0 Å². The van der Waals surface area contributed by atoms with Crippen molar-refractivity contribution in [3.8, 4) is 5.75 Å². The summed E-state index contributed by atoms with van der Waals surface area (Å²) in [5.74, 6) is 0.855. The van der Waals surface area contributed by atoms with Gasteiger partial charge in [0.25, 0.3) is 0 Å². The number of hydrogen-bond donors (Lipinski definition) is 4. The fraction of sp³-hybridized carbons (Fsp3) is 0.625. The zero-order valence-corrected chi connectivity index (χ0v) is 13.0. The molecule has 0 radical (unpaired) electrons. The monoisotopic (exact) mass is 312 g/mol. The molecule has 0 amide bonds. The van der Waals surface area contributed by atoms with Gasteiger partial charge in [-0.2, -0.15) is 0 Å². The molecular formula is C16H24O6. The van der Waals surface area contributed by atoms with Gasteiger partial charge in [0.05, 0.1) is 6.61 Å². The predicted molar refractivity (Wildman–Crippen MR) is 79.7 cm³/mol. The van der Waals surface area contributed by atoms with Crippen molar-refractivity contribution >= 4 is 0 Å². The summed E-state index contributed by atoms with van der Waals surface area (Å²) in [4.78, 5) is 0. The Balaban J connectivity index is 2.20.